The van der Waals surface area contributed by atoms with E-state index in [-0.39, 0.29) is 19.2 Å². The maximum Gasteiger partial charge on any atom is 0.325 e. The minimum Gasteiger partial charge on any atom is -0.497 e. The Morgan fingerprint density at radius 1 is 1.00 bits per heavy atom. The summed E-state index contributed by atoms with van der Waals surface area (Å²) >= 11 is 0. The van der Waals surface area contributed by atoms with Gasteiger partial charge in [0, 0.05) is 43.6 Å². The van der Waals surface area contributed by atoms with E-state index in [2.05, 4.69) is 15.5 Å². The van der Waals surface area contributed by atoms with Gasteiger partial charge in [0.15, 0.2) is 11.5 Å². The number of fused-ring (bicyclic) bond motifs is 1. The van der Waals surface area contributed by atoms with E-state index >= 15 is 0 Å². The zero-order valence-electron chi connectivity index (χ0n) is 16.7. The molecule has 3 amide bonds. The molecule has 0 unspecified atom stereocenters. The van der Waals surface area contributed by atoms with Gasteiger partial charge in [-0.15, -0.1) is 0 Å². The Morgan fingerprint density at radius 2 is 1.73 bits per heavy atom. The summed E-state index contributed by atoms with van der Waals surface area (Å²) in [5, 5.41) is 5.00. The number of rotatable bonds is 5. The van der Waals surface area contributed by atoms with Gasteiger partial charge in [0.2, 0.25) is 12.7 Å². The normalized spacial score (nSPS) is 15.6. The first-order valence-corrected chi connectivity index (χ1v) is 9.72. The predicted octanol–water partition coefficient (Wildman–Crippen LogP) is 1.89. The molecule has 0 saturated carbocycles. The lowest BCUT2D eigenvalue weighted by Gasteiger charge is -2.35. The lowest BCUT2D eigenvalue weighted by atomic mass is 10.2. The molecule has 2 N–H and O–H groups in total. The van der Waals surface area contributed by atoms with E-state index in [1.54, 1.807) is 25.3 Å². The number of amides is 3. The summed E-state index contributed by atoms with van der Waals surface area (Å²) in [6.45, 7) is 3.43. The Labute approximate surface area is 174 Å². The first kappa shape index (κ1) is 19.8. The molecule has 158 valence electrons. The van der Waals surface area contributed by atoms with Crippen LogP contribution in [0.2, 0.25) is 0 Å². The monoisotopic (exact) mass is 412 g/mol. The summed E-state index contributed by atoms with van der Waals surface area (Å²) in [4.78, 5) is 28.6. The molecule has 2 aliphatic rings. The Balaban J connectivity index is 1.21. The molecule has 0 aromatic heterocycles. The number of piperazine rings is 1. The molecule has 2 aromatic rings. The van der Waals surface area contributed by atoms with Crippen LogP contribution in [0.4, 0.5) is 16.2 Å². The van der Waals surface area contributed by atoms with Crippen molar-refractivity contribution in [3.05, 3.63) is 42.5 Å². The number of carbonyl (C=O) groups is 2. The second-order valence-corrected chi connectivity index (χ2v) is 7.03. The van der Waals surface area contributed by atoms with Gasteiger partial charge in [-0.2, -0.15) is 0 Å². The molecule has 2 aliphatic heterocycles. The Hall–Kier alpha value is -3.46. The Kier molecular flexibility index (Phi) is 5.89. The summed E-state index contributed by atoms with van der Waals surface area (Å²) in [5.74, 6) is 1.68. The number of anilines is 2. The largest absolute Gasteiger partial charge is 0.497 e. The average Bonchev–Trinajstić information content (AvgIpc) is 3.22. The maximum absolute atomic E-state index is 12.2. The van der Waals surface area contributed by atoms with Crippen LogP contribution in [0.25, 0.3) is 0 Å². The van der Waals surface area contributed by atoms with Crippen LogP contribution in [0, 0.1) is 0 Å². The van der Waals surface area contributed by atoms with Crippen molar-refractivity contribution in [2.24, 2.45) is 0 Å². The van der Waals surface area contributed by atoms with Crippen LogP contribution < -0.4 is 29.7 Å². The molecule has 1 saturated heterocycles. The lowest BCUT2D eigenvalue weighted by Crippen LogP contribution is -2.50. The van der Waals surface area contributed by atoms with Crippen LogP contribution in [0.1, 0.15) is 0 Å². The molecule has 0 bridgehead atoms. The molecular formula is C21H24N4O5. The van der Waals surface area contributed by atoms with Crippen molar-refractivity contribution in [2.45, 2.75) is 0 Å². The van der Waals surface area contributed by atoms with Gasteiger partial charge >= 0.3 is 6.03 Å². The highest BCUT2D eigenvalue weighted by atomic mass is 16.7. The molecule has 0 atom stereocenters. The van der Waals surface area contributed by atoms with E-state index in [4.69, 9.17) is 14.2 Å². The average molecular weight is 412 g/mol. The van der Waals surface area contributed by atoms with Crippen molar-refractivity contribution < 1.29 is 23.8 Å². The van der Waals surface area contributed by atoms with Crippen LogP contribution in [-0.4, -0.2) is 63.5 Å². The predicted molar refractivity (Wildman–Crippen MR) is 111 cm³/mol. The van der Waals surface area contributed by atoms with Gasteiger partial charge in [-0.05, 0) is 36.4 Å². The SMILES string of the molecule is COc1ccc(N2CCN(CC(=O)NC(=O)Nc3ccc4c(c3)OCO4)CC2)cc1. The summed E-state index contributed by atoms with van der Waals surface area (Å²) in [6, 6.07) is 12.4. The fourth-order valence-corrected chi connectivity index (χ4v) is 3.46. The molecule has 2 heterocycles. The van der Waals surface area contributed by atoms with Crippen molar-refractivity contribution in [3.63, 3.8) is 0 Å². The van der Waals surface area contributed by atoms with Gasteiger partial charge < -0.3 is 24.4 Å². The van der Waals surface area contributed by atoms with E-state index < -0.39 is 6.03 Å². The molecular weight excluding hydrogens is 388 g/mol. The molecule has 1 fully saturated rings. The summed E-state index contributed by atoms with van der Waals surface area (Å²) in [7, 11) is 1.65. The first-order chi connectivity index (χ1) is 14.6. The fraction of sp³-hybridized carbons (Fsp3) is 0.333. The van der Waals surface area contributed by atoms with Gasteiger partial charge in [-0.25, -0.2) is 4.79 Å². The quantitative estimate of drug-likeness (QED) is 0.775. The maximum atomic E-state index is 12.2. The summed E-state index contributed by atoms with van der Waals surface area (Å²) in [6.07, 6.45) is 0. The third-order valence-corrected chi connectivity index (χ3v) is 5.06. The zero-order valence-corrected chi connectivity index (χ0v) is 16.7. The van der Waals surface area contributed by atoms with Gasteiger partial charge in [-0.1, -0.05) is 0 Å². The molecule has 0 spiro atoms. The Bertz CT molecular complexity index is 910. The number of hydrogen-bond donors (Lipinski definition) is 2. The standard InChI is InChI=1S/C21H24N4O5/c1-28-17-5-3-16(4-6-17)25-10-8-24(9-11-25)13-20(26)23-21(27)22-15-2-7-18-19(12-15)30-14-29-18/h2-7,12H,8-11,13-14H2,1H3,(H2,22,23,26,27). The van der Waals surface area contributed by atoms with E-state index in [0.29, 0.717) is 17.2 Å². The molecule has 4 rings (SSSR count). The molecule has 0 radical (unpaired) electrons. The van der Waals surface area contributed by atoms with Gasteiger partial charge in [0.25, 0.3) is 0 Å². The number of methoxy groups -OCH3 is 1. The third-order valence-electron chi connectivity index (χ3n) is 5.06. The van der Waals surface area contributed by atoms with E-state index in [1.807, 2.05) is 29.2 Å². The molecule has 0 aliphatic carbocycles. The molecule has 2 aromatic carbocycles. The second-order valence-electron chi connectivity index (χ2n) is 7.03. The van der Waals surface area contributed by atoms with Crippen molar-refractivity contribution in [1.82, 2.24) is 10.2 Å². The van der Waals surface area contributed by atoms with Crippen LogP contribution in [0.3, 0.4) is 0 Å². The molecule has 30 heavy (non-hydrogen) atoms. The number of carbonyl (C=O) groups excluding carboxylic acids is 2. The van der Waals surface area contributed by atoms with Crippen molar-refractivity contribution in [3.8, 4) is 17.2 Å². The van der Waals surface area contributed by atoms with Gasteiger partial charge in [0.05, 0.1) is 13.7 Å². The van der Waals surface area contributed by atoms with Crippen molar-refractivity contribution >= 4 is 23.3 Å². The number of ether oxygens (including phenoxy) is 3. The minimum absolute atomic E-state index is 0.162. The number of nitrogens with one attached hydrogen (secondary N) is 2. The topological polar surface area (TPSA) is 92.4 Å². The van der Waals surface area contributed by atoms with Crippen molar-refractivity contribution in [1.29, 1.82) is 0 Å². The fourth-order valence-electron chi connectivity index (χ4n) is 3.46. The molecule has 9 nitrogen and oxygen atoms in total. The zero-order chi connectivity index (χ0) is 20.9. The van der Waals surface area contributed by atoms with Crippen LogP contribution in [-0.2, 0) is 4.79 Å². The Morgan fingerprint density at radius 3 is 2.47 bits per heavy atom. The summed E-state index contributed by atoms with van der Waals surface area (Å²) < 4.78 is 15.7. The number of hydrogen-bond acceptors (Lipinski definition) is 7. The highest BCUT2D eigenvalue weighted by Gasteiger charge is 2.20. The highest BCUT2D eigenvalue weighted by Crippen LogP contribution is 2.34. The van der Waals surface area contributed by atoms with E-state index in [9.17, 15) is 9.59 Å². The third kappa shape index (κ3) is 4.74. The van der Waals surface area contributed by atoms with Crippen LogP contribution in [0.5, 0.6) is 17.2 Å². The smallest absolute Gasteiger partial charge is 0.325 e. The van der Waals surface area contributed by atoms with Crippen molar-refractivity contribution in [2.75, 3.05) is 56.8 Å². The second kappa shape index (κ2) is 8.91. The number of imide groups is 1. The van der Waals surface area contributed by atoms with Gasteiger partial charge in [0.1, 0.15) is 5.75 Å². The van der Waals surface area contributed by atoms with E-state index in [1.165, 1.54) is 0 Å². The number of urea groups is 1. The summed E-state index contributed by atoms with van der Waals surface area (Å²) in [5.41, 5.74) is 1.65. The first-order valence-electron chi connectivity index (χ1n) is 9.72. The van der Waals surface area contributed by atoms with Crippen LogP contribution >= 0.6 is 0 Å². The highest BCUT2D eigenvalue weighted by molar-refractivity contribution is 6.01. The number of benzene rings is 2. The van der Waals surface area contributed by atoms with Crippen LogP contribution in [0.15, 0.2) is 42.5 Å². The number of nitrogens with zero attached hydrogens (tertiary/aromatic N) is 2. The molecule has 9 heteroatoms. The lowest BCUT2D eigenvalue weighted by molar-refractivity contribution is -0.121. The van der Waals surface area contributed by atoms with Gasteiger partial charge in [-0.3, -0.25) is 15.0 Å². The van der Waals surface area contributed by atoms with E-state index in [0.717, 1.165) is 37.6 Å². The minimum atomic E-state index is -0.573.